The number of hydrogen-bond acceptors (Lipinski definition) is 4. The van der Waals surface area contributed by atoms with Crippen LogP contribution in [0, 0.1) is 0 Å². The van der Waals surface area contributed by atoms with Crippen molar-refractivity contribution in [3.8, 4) is 0 Å². The first-order valence-electron chi connectivity index (χ1n) is 10.3. The molecular weight excluding hydrogens is 320 g/mol. The fraction of sp³-hybridized carbons (Fsp3) is 0.950. The van der Waals surface area contributed by atoms with Gasteiger partial charge in [-0.3, -0.25) is 4.79 Å². The van der Waals surface area contributed by atoms with Gasteiger partial charge in [-0.05, 0) is 12.8 Å². The number of aliphatic carboxylic acids is 1. The molecule has 0 saturated heterocycles. The SMILES string of the molecule is O=C(O)CCCCCCCCCCCCCCCCC(O)C(O)CO. The van der Waals surface area contributed by atoms with Crippen molar-refractivity contribution in [2.45, 2.75) is 115 Å². The van der Waals surface area contributed by atoms with Crippen molar-refractivity contribution >= 4 is 5.97 Å². The zero-order chi connectivity index (χ0) is 18.8. The molecule has 0 aliphatic heterocycles. The lowest BCUT2D eigenvalue weighted by molar-refractivity contribution is -0.137. The van der Waals surface area contributed by atoms with Crippen molar-refractivity contribution in [1.29, 1.82) is 0 Å². The Kier molecular flexibility index (Phi) is 17.7. The molecule has 0 aliphatic carbocycles. The van der Waals surface area contributed by atoms with Crippen molar-refractivity contribution < 1.29 is 25.2 Å². The Morgan fingerprint density at radius 2 is 0.960 bits per heavy atom. The zero-order valence-corrected chi connectivity index (χ0v) is 15.9. The van der Waals surface area contributed by atoms with Gasteiger partial charge in [0.2, 0.25) is 0 Å². The van der Waals surface area contributed by atoms with Crippen LogP contribution in [0.2, 0.25) is 0 Å². The van der Waals surface area contributed by atoms with Crippen LogP contribution in [0.4, 0.5) is 0 Å². The van der Waals surface area contributed by atoms with E-state index in [-0.39, 0.29) is 6.61 Å². The van der Waals surface area contributed by atoms with Crippen molar-refractivity contribution in [1.82, 2.24) is 0 Å². The van der Waals surface area contributed by atoms with E-state index in [4.69, 9.17) is 10.2 Å². The summed E-state index contributed by atoms with van der Waals surface area (Å²) in [7, 11) is 0. The highest BCUT2D eigenvalue weighted by Crippen LogP contribution is 2.14. The molecule has 2 atom stereocenters. The van der Waals surface area contributed by atoms with E-state index in [1.165, 1.54) is 57.8 Å². The molecule has 25 heavy (non-hydrogen) atoms. The smallest absolute Gasteiger partial charge is 0.303 e. The van der Waals surface area contributed by atoms with Crippen LogP contribution >= 0.6 is 0 Å². The van der Waals surface area contributed by atoms with E-state index in [9.17, 15) is 15.0 Å². The number of carboxylic acid groups (broad SMARTS) is 1. The second-order valence-corrected chi connectivity index (χ2v) is 7.20. The van der Waals surface area contributed by atoms with Gasteiger partial charge in [0.05, 0.1) is 12.7 Å². The number of aliphatic hydroxyl groups is 3. The molecule has 5 nitrogen and oxygen atoms in total. The molecule has 0 aromatic rings. The third-order valence-corrected chi connectivity index (χ3v) is 4.77. The molecule has 0 aromatic carbocycles. The monoisotopic (exact) mass is 360 g/mol. The first-order valence-corrected chi connectivity index (χ1v) is 10.3. The molecule has 0 fully saturated rings. The van der Waals surface area contributed by atoms with E-state index in [2.05, 4.69) is 0 Å². The van der Waals surface area contributed by atoms with Gasteiger partial charge in [0.25, 0.3) is 0 Å². The topological polar surface area (TPSA) is 98.0 Å². The van der Waals surface area contributed by atoms with Gasteiger partial charge in [0, 0.05) is 6.42 Å². The Morgan fingerprint density at radius 3 is 1.32 bits per heavy atom. The number of unbranched alkanes of at least 4 members (excludes halogenated alkanes) is 13. The summed E-state index contributed by atoms with van der Waals surface area (Å²) in [5.41, 5.74) is 0. The van der Waals surface area contributed by atoms with Crippen LogP contribution in [0.3, 0.4) is 0 Å². The third-order valence-electron chi connectivity index (χ3n) is 4.77. The normalized spacial score (nSPS) is 13.7. The molecule has 0 rings (SSSR count). The highest BCUT2D eigenvalue weighted by Gasteiger charge is 2.13. The highest BCUT2D eigenvalue weighted by atomic mass is 16.4. The minimum absolute atomic E-state index is 0.311. The molecule has 0 amide bonds. The van der Waals surface area contributed by atoms with Gasteiger partial charge >= 0.3 is 5.97 Å². The Hall–Kier alpha value is -0.650. The van der Waals surface area contributed by atoms with Crippen LogP contribution in [0.1, 0.15) is 103 Å². The lowest BCUT2D eigenvalue weighted by Gasteiger charge is -2.14. The Morgan fingerprint density at radius 1 is 0.600 bits per heavy atom. The first-order chi connectivity index (χ1) is 12.1. The van der Waals surface area contributed by atoms with Crippen molar-refractivity contribution in [3.63, 3.8) is 0 Å². The summed E-state index contributed by atoms with van der Waals surface area (Å²) >= 11 is 0. The summed E-state index contributed by atoms with van der Waals surface area (Å²) in [6, 6.07) is 0. The van der Waals surface area contributed by atoms with E-state index in [0.29, 0.717) is 12.8 Å². The third kappa shape index (κ3) is 18.0. The van der Waals surface area contributed by atoms with Gasteiger partial charge in [-0.2, -0.15) is 0 Å². The molecule has 5 heteroatoms. The first kappa shape index (κ1) is 24.4. The molecule has 0 aliphatic rings. The number of hydrogen-bond donors (Lipinski definition) is 4. The van der Waals surface area contributed by atoms with Crippen LogP contribution < -0.4 is 0 Å². The molecule has 150 valence electrons. The lowest BCUT2D eigenvalue weighted by Crippen LogP contribution is -2.28. The number of carboxylic acids is 1. The van der Waals surface area contributed by atoms with Crippen LogP contribution in [-0.2, 0) is 4.79 Å². The van der Waals surface area contributed by atoms with Gasteiger partial charge < -0.3 is 20.4 Å². The zero-order valence-electron chi connectivity index (χ0n) is 15.9. The standard InChI is InChI=1S/C20H40O5/c21-17-19(23)18(22)15-13-11-9-7-5-3-1-2-4-6-8-10-12-14-16-20(24)25/h18-19,21-23H,1-17H2,(H,24,25). The summed E-state index contributed by atoms with van der Waals surface area (Å²) in [6.07, 6.45) is 15.5. The van der Waals surface area contributed by atoms with E-state index in [0.717, 1.165) is 32.1 Å². The summed E-state index contributed by atoms with van der Waals surface area (Å²) in [4.78, 5) is 10.4. The molecule has 4 N–H and O–H groups in total. The van der Waals surface area contributed by atoms with E-state index in [1.54, 1.807) is 0 Å². The summed E-state index contributed by atoms with van der Waals surface area (Å²) in [5, 5.41) is 36.0. The van der Waals surface area contributed by atoms with Crippen LogP contribution in [0.15, 0.2) is 0 Å². The molecule has 0 bridgehead atoms. The van der Waals surface area contributed by atoms with Gasteiger partial charge in [0.15, 0.2) is 0 Å². The Balaban J connectivity index is 3.11. The van der Waals surface area contributed by atoms with Gasteiger partial charge in [-0.1, -0.05) is 83.5 Å². The van der Waals surface area contributed by atoms with Crippen molar-refractivity contribution in [2.75, 3.05) is 6.61 Å². The predicted octanol–water partition coefficient (Wildman–Crippen LogP) is 4.03. The lowest BCUT2D eigenvalue weighted by atomic mass is 10.0. The molecule has 2 unspecified atom stereocenters. The van der Waals surface area contributed by atoms with Crippen LogP contribution in [0.25, 0.3) is 0 Å². The van der Waals surface area contributed by atoms with E-state index >= 15 is 0 Å². The minimum atomic E-state index is -0.996. The van der Waals surface area contributed by atoms with Gasteiger partial charge in [0.1, 0.15) is 6.10 Å². The molecule has 0 heterocycles. The maximum Gasteiger partial charge on any atom is 0.303 e. The quantitative estimate of drug-likeness (QED) is 0.261. The minimum Gasteiger partial charge on any atom is -0.481 e. The van der Waals surface area contributed by atoms with Crippen molar-refractivity contribution in [3.05, 3.63) is 0 Å². The number of carbonyl (C=O) groups is 1. The van der Waals surface area contributed by atoms with E-state index in [1.807, 2.05) is 0 Å². The molecule has 0 radical (unpaired) electrons. The average molecular weight is 361 g/mol. The second-order valence-electron chi connectivity index (χ2n) is 7.20. The summed E-state index contributed by atoms with van der Waals surface area (Å²) in [5.74, 6) is -0.682. The highest BCUT2D eigenvalue weighted by molar-refractivity contribution is 5.66. The largest absolute Gasteiger partial charge is 0.481 e. The van der Waals surface area contributed by atoms with Crippen LogP contribution in [0.5, 0.6) is 0 Å². The molecule has 0 saturated carbocycles. The number of rotatable bonds is 19. The fourth-order valence-electron chi connectivity index (χ4n) is 3.07. The average Bonchev–Trinajstić information content (AvgIpc) is 2.60. The predicted molar refractivity (Wildman–Crippen MR) is 101 cm³/mol. The molecule has 0 aromatic heterocycles. The summed E-state index contributed by atoms with van der Waals surface area (Å²) < 4.78 is 0. The molecular formula is C20H40O5. The number of aliphatic hydroxyl groups excluding tert-OH is 3. The summed E-state index contributed by atoms with van der Waals surface area (Å²) in [6.45, 7) is -0.369. The van der Waals surface area contributed by atoms with E-state index < -0.39 is 18.2 Å². The van der Waals surface area contributed by atoms with Crippen LogP contribution in [-0.4, -0.2) is 45.2 Å². The maximum absolute atomic E-state index is 10.4. The second kappa shape index (κ2) is 18.2. The van der Waals surface area contributed by atoms with Crippen molar-refractivity contribution in [2.24, 2.45) is 0 Å². The molecule has 0 spiro atoms. The Labute approximate surface area is 153 Å². The van der Waals surface area contributed by atoms with Gasteiger partial charge in [-0.25, -0.2) is 0 Å². The fourth-order valence-corrected chi connectivity index (χ4v) is 3.07. The Bertz CT molecular complexity index is 296. The van der Waals surface area contributed by atoms with Gasteiger partial charge in [-0.15, -0.1) is 0 Å². The maximum atomic E-state index is 10.4.